The average molecular weight is 403 g/mol. The Morgan fingerprint density at radius 1 is 0.900 bits per heavy atom. The molecule has 0 aliphatic carbocycles. The Morgan fingerprint density at radius 2 is 1.67 bits per heavy atom. The van der Waals surface area contributed by atoms with E-state index in [2.05, 4.69) is 0 Å². The van der Waals surface area contributed by atoms with E-state index in [4.69, 9.17) is 9.47 Å². The SMILES string of the molecule is Cc1cccc(-c2c3c(=O)n(C)c(=O)n(C)c3cn2-c2ccc3c(c2)OCCO3)c1. The molecule has 0 saturated carbocycles. The fourth-order valence-electron chi connectivity index (χ4n) is 4.00. The maximum atomic E-state index is 13.1. The number of benzene rings is 2. The Morgan fingerprint density at radius 3 is 2.43 bits per heavy atom. The minimum absolute atomic E-state index is 0.319. The van der Waals surface area contributed by atoms with Crippen molar-refractivity contribution in [2.45, 2.75) is 6.92 Å². The van der Waals surface area contributed by atoms with Crippen LogP contribution in [0.15, 0.2) is 58.3 Å². The normalized spacial score (nSPS) is 13.0. The zero-order chi connectivity index (χ0) is 21.0. The molecule has 2 aromatic heterocycles. The van der Waals surface area contributed by atoms with E-state index in [-0.39, 0.29) is 11.2 Å². The summed E-state index contributed by atoms with van der Waals surface area (Å²) in [7, 11) is 3.18. The summed E-state index contributed by atoms with van der Waals surface area (Å²) in [4.78, 5) is 25.7. The monoisotopic (exact) mass is 403 g/mol. The van der Waals surface area contributed by atoms with Crippen LogP contribution in [0, 0.1) is 6.92 Å². The van der Waals surface area contributed by atoms with Gasteiger partial charge in [-0.2, -0.15) is 0 Å². The Kier molecular flexibility index (Phi) is 4.06. The molecule has 0 saturated heterocycles. The number of fused-ring (bicyclic) bond motifs is 2. The van der Waals surface area contributed by atoms with Crippen LogP contribution >= 0.6 is 0 Å². The van der Waals surface area contributed by atoms with Crippen LogP contribution in [0.25, 0.3) is 27.8 Å². The predicted octanol–water partition coefficient (Wildman–Crippen LogP) is 2.77. The maximum absolute atomic E-state index is 13.1. The van der Waals surface area contributed by atoms with E-state index in [9.17, 15) is 9.59 Å². The second-order valence-electron chi connectivity index (χ2n) is 7.51. The van der Waals surface area contributed by atoms with Gasteiger partial charge in [-0.15, -0.1) is 0 Å². The lowest BCUT2D eigenvalue weighted by atomic mass is 10.1. The van der Waals surface area contributed by atoms with E-state index in [0.29, 0.717) is 35.6 Å². The molecule has 7 nitrogen and oxygen atoms in total. The first-order valence-electron chi connectivity index (χ1n) is 9.74. The number of hydrogen-bond acceptors (Lipinski definition) is 4. The first-order valence-corrected chi connectivity index (χ1v) is 9.74. The smallest absolute Gasteiger partial charge is 0.330 e. The molecule has 152 valence electrons. The lowest BCUT2D eigenvalue weighted by molar-refractivity contribution is 0.171. The molecule has 4 aromatic rings. The zero-order valence-corrected chi connectivity index (χ0v) is 17.0. The third kappa shape index (κ3) is 2.66. The van der Waals surface area contributed by atoms with Gasteiger partial charge < -0.3 is 14.0 Å². The average Bonchev–Trinajstić information content (AvgIpc) is 3.17. The third-order valence-electron chi connectivity index (χ3n) is 5.53. The van der Waals surface area contributed by atoms with Crippen molar-refractivity contribution in [3.63, 3.8) is 0 Å². The Balaban J connectivity index is 1.90. The number of rotatable bonds is 2. The van der Waals surface area contributed by atoms with Crippen LogP contribution in [-0.2, 0) is 14.1 Å². The fourth-order valence-corrected chi connectivity index (χ4v) is 4.00. The topological polar surface area (TPSA) is 67.4 Å². The largest absolute Gasteiger partial charge is 0.486 e. The molecule has 0 amide bonds. The van der Waals surface area contributed by atoms with Crippen molar-refractivity contribution in [3.05, 3.63) is 75.1 Å². The molecule has 0 fully saturated rings. The molecule has 1 aliphatic rings. The van der Waals surface area contributed by atoms with E-state index in [0.717, 1.165) is 27.1 Å². The van der Waals surface area contributed by atoms with Gasteiger partial charge in [-0.05, 0) is 30.7 Å². The van der Waals surface area contributed by atoms with E-state index in [1.165, 1.54) is 11.6 Å². The summed E-state index contributed by atoms with van der Waals surface area (Å²) < 4.78 is 16.0. The van der Waals surface area contributed by atoms with E-state index >= 15 is 0 Å². The minimum atomic E-state index is -0.359. The molecule has 0 atom stereocenters. The third-order valence-corrected chi connectivity index (χ3v) is 5.53. The molecule has 0 bridgehead atoms. The van der Waals surface area contributed by atoms with Gasteiger partial charge in [0.1, 0.15) is 13.2 Å². The van der Waals surface area contributed by atoms with Gasteiger partial charge >= 0.3 is 5.69 Å². The van der Waals surface area contributed by atoms with Gasteiger partial charge in [-0.3, -0.25) is 13.9 Å². The number of aromatic nitrogens is 3. The second kappa shape index (κ2) is 6.66. The van der Waals surface area contributed by atoms with Crippen molar-refractivity contribution >= 4 is 10.9 Å². The molecule has 1 aliphatic heterocycles. The Labute approximate surface area is 172 Å². The summed E-state index contributed by atoms with van der Waals surface area (Å²) in [6.07, 6.45) is 1.83. The zero-order valence-electron chi connectivity index (χ0n) is 17.0. The summed E-state index contributed by atoms with van der Waals surface area (Å²) in [6, 6.07) is 13.7. The highest BCUT2D eigenvalue weighted by molar-refractivity contribution is 5.95. The second-order valence-corrected chi connectivity index (χ2v) is 7.51. The van der Waals surface area contributed by atoms with Crippen LogP contribution in [0.3, 0.4) is 0 Å². The number of ether oxygens (including phenoxy) is 2. The molecular formula is C23H21N3O4. The number of nitrogens with zero attached hydrogens (tertiary/aromatic N) is 3. The van der Waals surface area contributed by atoms with Crippen molar-refractivity contribution < 1.29 is 9.47 Å². The lowest BCUT2D eigenvalue weighted by Gasteiger charge is -2.19. The van der Waals surface area contributed by atoms with Gasteiger partial charge in [-0.25, -0.2) is 4.79 Å². The van der Waals surface area contributed by atoms with Crippen molar-refractivity contribution in [1.82, 2.24) is 13.7 Å². The predicted molar refractivity (Wildman–Crippen MR) is 115 cm³/mol. The first kappa shape index (κ1) is 18.3. The van der Waals surface area contributed by atoms with Crippen LogP contribution in [0.2, 0.25) is 0 Å². The maximum Gasteiger partial charge on any atom is 0.330 e. The number of hydrogen-bond donors (Lipinski definition) is 0. The van der Waals surface area contributed by atoms with Crippen LogP contribution in [0.5, 0.6) is 11.5 Å². The molecule has 30 heavy (non-hydrogen) atoms. The van der Waals surface area contributed by atoms with Crippen molar-refractivity contribution in [2.75, 3.05) is 13.2 Å². The van der Waals surface area contributed by atoms with Gasteiger partial charge in [0.25, 0.3) is 5.56 Å². The van der Waals surface area contributed by atoms with Crippen molar-refractivity contribution in [2.24, 2.45) is 14.1 Å². The van der Waals surface area contributed by atoms with Gasteiger partial charge in [0.15, 0.2) is 11.5 Å². The minimum Gasteiger partial charge on any atom is -0.486 e. The van der Waals surface area contributed by atoms with E-state index in [1.54, 1.807) is 7.05 Å². The molecule has 0 unspecified atom stereocenters. The molecule has 7 heteroatoms. The van der Waals surface area contributed by atoms with Crippen LogP contribution in [0.1, 0.15) is 5.56 Å². The van der Waals surface area contributed by atoms with Crippen LogP contribution in [0.4, 0.5) is 0 Å². The van der Waals surface area contributed by atoms with Crippen molar-refractivity contribution in [1.29, 1.82) is 0 Å². The molecule has 0 spiro atoms. The Bertz CT molecular complexity index is 1430. The van der Waals surface area contributed by atoms with Gasteiger partial charge in [0.05, 0.1) is 16.6 Å². The van der Waals surface area contributed by atoms with Crippen LogP contribution < -0.4 is 20.7 Å². The summed E-state index contributed by atoms with van der Waals surface area (Å²) in [5, 5.41) is 0.500. The molecule has 2 aromatic carbocycles. The van der Waals surface area contributed by atoms with Crippen molar-refractivity contribution in [3.8, 4) is 28.4 Å². The standard InChI is InChI=1S/C23H21N3O4/c1-14-5-4-6-15(11-14)21-20-17(24(2)23(28)25(3)22(20)27)13-26(21)16-7-8-18-19(12-16)30-10-9-29-18/h4-8,11-13H,9-10H2,1-3H3. The van der Waals surface area contributed by atoms with Gasteiger partial charge in [0, 0.05) is 32.0 Å². The summed E-state index contributed by atoms with van der Waals surface area (Å²) in [5.74, 6) is 1.36. The quantitative estimate of drug-likeness (QED) is 0.516. The summed E-state index contributed by atoms with van der Waals surface area (Å²) in [5.41, 5.74) is 3.44. The van der Waals surface area contributed by atoms with Crippen LogP contribution in [-0.4, -0.2) is 26.9 Å². The molecule has 0 radical (unpaired) electrons. The Hall–Kier alpha value is -3.74. The summed E-state index contributed by atoms with van der Waals surface area (Å²) in [6.45, 7) is 3.02. The fraction of sp³-hybridized carbons (Fsp3) is 0.217. The van der Waals surface area contributed by atoms with E-state index < -0.39 is 0 Å². The van der Waals surface area contributed by atoms with Gasteiger partial charge in [-0.1, -0.05) is 23.8 Å². The highest BCUT2D eigenvalue weighted by Crippen LogP contribution is 2.36. The molecular weight excluding hydrogens is 382 g/mol. The highest BCUT2D eigenvalue weighted by Gasteiger charge is 2.21. The van der Waals surface area contributed by atoms with E-state index in [1.807, 2.05) is 60.2 Å². The number of aryl methyl sites for hydroxylation is 2. The molecule has 3 heterocycles. The first-order chi connectivity index (χ1) is 14.5. The molecule has 0 N–H and O–H groups in total. The molecule has 5 rings (SSSR count). The summed E-state index contributed by atoms with van der Waals surface area (Å²) >= 11 is 0. The lowest BCUT2D eigenvalue weighted by Crippen LogP contribution is -2.36. The highest BCUT2D eigenvalue weighted by atomic mass is 16.6. The van der Waals surface area contributed by atoms with Gasteiger partial charge in [0.2, 0.25) is 0 Å².